The van der Waals surface area contributed by atoms with Gasteiger partial charge < -0.3 is 20.5 Å². The van der Waals surface area contributed by atoms with Gasteiger partial charge in [0.2, 0.25) is 5.91 Å². The second kappa shape index (κ2) is 5.77. The van der Waals surface area contributed by atoms with Crippen LogP contribution in [0.2, 0.25) is 0 Å². The van der Waals surface area contributed by atoms with E-state index in [1.165, 1.54) is 0 Å². The highest BCUT2D eigenvalue weighted by molar-refractivity contribution is 5.90. The van der Waals surface area contributed by atoms with Gasteiger partial charge in [0.05, 0.1) is 13.2 Å². The summed E-state index contributed by atoms with van der Waals surface area (Å²) in [6.45, 7) is 1.56. The molecule has 0 radical (unpaired) electrons. The van der Waals surface area contributed by atoms with Crippen molar-refractivity contribution in [1.29, 1.82) is 0 Å². The minimum absolute atomic E-state index is 0.0853. The predicted octanol–water partition coefficient (Wildman–Crippen LogP) is 1.02. The van der Waals surface area contributed by atoms with Gasteiger partial charge in [-0.2, -0.15) is 0 Å². The van der Waals surface area contributed by atoms with Crippen LogP contribution in [0.5, 0.6) is 0 Å². The summed E-state index contributed by atoms with van der Waals surface area (Å²) >= 11 is 0. The lowest BCUT2D eigenvalue weighted by molar-refractivity contribution is -0.116. The number of anilines is 1. The summed E-state index contributed by atoms with van der Waals surface area (Å²) in [6, 6.07) is 7.45. The number of ether oxygens (including phenoxy) is 2. The van der Waals surface area contributed by atoms with Gasteiger partial charge in [-0.25, -0.2) is 0 Å². The van der Waals surface area contributed by atoms with Crippen molar-refractivity contribution in [3.63, 3.8) is 0 Å². The predicted molar refractivity (Wildman–Crippen MR) is 63.4 cm³/mol. The van der Waals surface area contributed by atoms with E-state index in [1.54, 1.807) is 0 Å². The van der Waals surface area contributed by atoms with E-state index in [0.717, 1.165) is 11.3 Å². The van der Waals surface area contributed by atoms with Crippen molar-refractivity contribution in [2.24, 2.45) is 5.73 Å². The van der Waals surface area contributed by atoms with Gasteiger partial charge in [-0.15, -0.1) is 0 Å². The fraction of sp³-hybridized carbons (Fsp3) is 0.417. The SMILES string of the molecule is NCCC(=O)Nc1cccc(C2OCCO2)c1. The Hall–Kier alpha value is -1.43. The van der Waals surface area contributed by atoms with E-state index >= 15 is 0 Å². The molecule has 1 amide bonds. The van der Waals surface area contributed by atoms with Gasteiger partial charge in [-0.1, -0.05) is 12.1 Å². The van der Waals surface area contributed by atoms with Crippen LogP contribution in [-0.2, 0) is 14.3 Å². The number of nitrogens with one attached hydrogen (secondary N) is 1. The van der Waals surface area contributed by atoms with Crippen molar-refractivity contribution in [2.75, 3.05) is 25.1 Å². The first-order valence-corrected chi connectivity index (χ1v) is 5.62. The Morgan fingerprint density at radius 1 is 1.41 bits per heavy atom. The lowest BCUT2D eigenvalue weighted by Gasteiger charge is -2.11. The van der Waals surface area contributed by atoms with Gasteiger partial charge in [-0.3, -0.25) is 4.79 Å². The molecule has 5 nitrogen and oxygen atoms in total. The van der Waals surface area contributed by atoms with Crippen LogP contribution in [0.1, 0.15) is 18.3 Å². The number of amides is 1. The van der Waals surface area contributed by atoms with E-state index in [0.29, 0.717) is 26.2 Å². The topological polar surface area (TPSA) is 73.6 Å². The third-order valence-electron chi connectivity index (χ3n) is 2.44. The zero-order chi connectivity index (χ0) is 12.1. The number of rotatable bonds is 4. The molecule has 1 aliphatic heterocycles. The molecule has 0 saturated carbocycles. The second-order valence-electron chi connectivity index (χ2n) is 3.79. The van der Waals surface area contributed by atoms with Crippen LogP contribution >= 0.6 is 0 Å². The van der Waals surface area contributed by atoms with Crippen LogP contribution in [0.3, 0.4) is 0 Å². The Kier molecular flexibility index (Phi) is 4.08. The zero-order valence-corrected chi connectivity index (χ0v) is 9.52. The molecule has 1 fully saturated rings. The first kappa shape index (κ1) is 12.0. The summed E-state index contributed by atoms with van der Waals surface area (Å²) in [5.74, 6) is -0.0853. The van der Waals surface area contributed by atoms with Crippen molar-refractivity contribution < 1.29 is 14.3 Å². The largest absolute Gasteiger partial charge is 0.346 e. The molecule has 0 unspecified atom stereocenters. The van der Waals surface area contributed by atoms with E-state index in [2.05, 4.69) is 5.32 Å². The Morgan fingerprint density at radius 3 is 2.88 bits per heavy atom. The molecule has 1 saturated heterocycles. The lowest BCUT2D eigenvalue weighted by atomic mass is 10.2. The molecule has 1 heterocycles. The van der Waals surface area contributed by atoms with E-state index in [9.17, 15) is 4.79 Å². The highest BCUT2D eigenvalue weighted by atomic mass is 16.7. The fourth-order valence-corrected chi connectivity index (χ4v) is 1.67. The van der Waals surface area contributed by atoms with Crippen LogP contribution < -0.4 is 11.1 Å². The molecule has 0 aliphatic carbocycles. The number of hydrogen-bond acceptors (Lipinski definition) is 4. The maximum atomic E-state index is 11.4. The lowest BCUT2D eigenvalue weighted by Crippen LogP contribution is -2.16. The van der Waals surface area contributed by atoms with Crippen molar-refractivity contribution >= 4 is 11.6 Å². The van der Waals surface area contributed by atoms with Crippen molar-refractivity contribution in [2.45, 2.75) is 12.7 Å². The van der Waals surface area contributed by atoms with E-state index < -0.39 is 0 Å². The standard InChI is InChI=1S/C12H16N2O3/c13-5-4-11(15)14-10-3-1-2-9(8-10)12-16-6-7-17-12/h1-3,8,12H,4-7,13H2,(H,14,15). The minimum Gasteiger partial charge on any atom is -0.346 e. The van der Waals surface area contributed by atoms with Crippen molar-refractivity contribution in [3.8, 4) is 0 Å². The molecule has 0 bridgehead atoms. The fourth-order valence-electron chi connectivity index (χ4n) is 1.67. The summed E-state index contributed by atoms with van der Waals surface area (Å²) in [5, 5.41) is 2.78. The van der Waals surface area contributed by atoms with Crippen LogP contribution in [0.15, 0.2) is 24.3 Å². The molecule has 0 atom stereocenters. The van der Waals surface area contributed by atoms with Crippen LogP contribution in [-0.4, -0.2) is 25.7 Å². The number of nitrogens with two attached hydrogens (primary N) is 1. The minimum atomic E-state index is -0.318. The van der Waals surface area contributed by atoms with Crippen molar-refractivity contribution in [3.05, 3.63) is 29.8 Å². The molecule has 1 aliphatic rings. The third kappa shape index (κ3) is 3.26. The Labute approximate surface area is 99.9 Å². The third-order valence-corrected chi connectivity index (χ3v) is 2.44. The first-order valence-electron chi connectivity index (χ1n) is 5.62. The molecule has 0 spiro atoms. The van der Waals surface area contributed by atoms with Gasteiger partial charge in [0.25, 0.3) is 0 Å². The van der Waals surface area contributed by atoms with Gasteiger partial charge in [0.1, 0.15) is 0 Å². The average Bonchev–Trinajstić information content (AvgIpc) is 2.83. The Bertz CT molecular complexity index is 389. The highest BCUT2D eigenvalue weighted by Crippen LogP contribution is 2.25. The molecule has 5 heteroatoms. The smallest absolute Gasteiger partial charge is 0.225 e. The average molecular weight is 236 g/mol. The first-order chi connectivity index (χ1) is 8.29. The van der Waals surface area contributed by atoms with Gasteiger partial charge in [-0.05, 0) is 12.1 Å². The molecule has 1 aromatic carbocycles. The highest BCUT2D eigenvalue weighted by Gasteiger charge is 2.18. The maximum Gasteiger partial charge on any atom is 0.225 e. The van der Waals surface area contributed by atoms with E-state index in [4.69, 9.17) is 15.2 Å². The van der Waals surface area contributed by atoms with Gasteiger partial charge in [0, 0.05) is 24.2 Å². The summed E-state index contributed by atoms with van der Waals surface area (Å²) in [7, 11) is 0. The molecule has 2 rings (SSSR count). The number of hydrogen-bond donors (Lipinski definition) is 2. The number of carbonyl (C=O) groups is 1. The van der Waals surface area contributed by atoms with Crippen LogP contribution in [0.4, 0.5) is 5.69 Å². The monoisotopic (exact) mass is 236 g/mol. The molecule has 17 heavy (non-hydrogen) atoms. The molecule has 3 N–H and O–H groups in total. The quantitative estimate of drug-likeness (QED) is 0.818. The zero-order valence-electron chi connectivity index (χ0n) is 9.52. The van der Waals surface area contributed by atoms with E-state index in [1.807, 2.05) is 24.3 Å². The second-order valence-corrected chi connectivity index (χ2v) is 3.79. The molecular weight excluding hydrogens is 220 g/mol. The van der Waals surface area contributed by atoms with Crippen LogP contribution in [0.25, 0.3) is 0 Å². The summed E-state index contributed by atoms with van der Waals surface area (Å²) in [5.41, 5.74) is 6.96. The van der Waals surface area contributed by atoms with E-state index in [-0.39, 0.29) is 12.2 Å². The van der Waals surface area contributed by atoms with Gasteiger partial charge in [0.15, 0.2) is 6.29 Å². The number of carbonyl (C=O) groups excluding carboxylic acids is 1. The molecular formula is C12H16N2O3. The Morgan fingerprint density at radius 2 is 2.18 bits per heavy atom. The normalized spacial score (nSPS) is 16.1. The molecule has 1 aromatic rings. The number of benzene rings is 1. The summed E-state index contributed by atoms with van der Waals surface area (Å²) in [6.07, 6.45) is 0.00191. The van der Waals surface area contributed by atoms with Gasteiger partial charge >= 0.3 is 0 Å². The summed E-state index contributed by atoms with van der Waals surface area (Å²) < 4.78 is 10.8. The van der Waals surface area contributed by atoms with Crippen molar-refractivity contribution in [1.82, 2.24) is 0 Å². The van der Waals surface area contributed by atoms with Crippen LogP contribution in [0, 0.1) is 0 Å². The molecule has 0 aromatic heterocycles. The molecule has 92 valence electrons. The summed E-state index contributed by atoms with van der Waals surface area (Å²) in [4.78, 5) is 11.4. The maximum absolute atomic E-state index is 11.4. The Balaban J connectivity index is 2.03.